The normalized spacial score (nSPS) is 27.8. The molecule has 0 radical (unpaired) electrons. The molecule has 1 aromatic carbocycles. The van der Waals surface area contributed by atoms with Crippen LogP contribution in [0.3, 0.4) is 0 Å². The lowest BCUT2D eigenvalue weighted by atomic mass is 9.92. The van der Waals surface area contributed by atoms with Crippen LogP contribution in [0.5, 0.6) is 5.75 Å². The van der Waals surface area contributed by atoms with Crippen molar-refractivity contribution < 1.29 is 9.84 Å². The average molecular weight is 247 g/mol. The van der Waals surface area contributed by atoms with E-state index in [0.29, 0.717) is 18.6 Å². The van der Waals surface area contributed by atoms with E-state index < -0.39 is 0 Å². The number of para-hydroxylation sites is 1. The molecule has 1 aromatic rings. The van der Waals surface area contributed by atoms with Crippen molar-refractivity contribution in [2.75, 3.05) is 26.3 Å². The van der Waals surface area contributed by atoms with Crippen LogP contribution in [0.2, 0.25) is 0 Å². The summed E-state index contributed by atoms with van der Waals surface area (Å²) in [6.07, 6.45) is 3.45. The number of hydrogen-bond acceptors (Lipinski definition) is 3. The molecule has 1 unspecified atom stereocenters. The molecule has 3 heteroatoms. The van der Waals surface area contributed by atoms with Crippen LogP contribution in [0.15, 0.2) is 24.3 Å². The van der Waals surface area contributed by atoms with E-state index in [9.17, 15) is 5.11 Å². The summed E-state index contributed by atoms with van der Waals surface area (Å²) >= 11 is 0. The van der Waals surface area contributed by atoms with E-state index in [1.54, 1.807) is 0 Å². The van der Waals surface area contributed by atoms with Gasteiger partial charge in [0.25, 0.3) is 0 Å². The van der Waals surface area contributed by atoms with E-state index in [2.05, 4.69) is 23.1 Å². The molecular weight excluding hydrogens is 226 g/mol. The molecule has 18 heavy (non-hydrogen) atoms. The number of likely N-dealkylation sites (tertiary alicyclic amines) is 1. The second-order valence-corrected chi connectivity index (χ2v) is 5.35. The smallest absolute Gasteiger partial charge is 0.122 e. The second kappa shape index (κ2) is 5.29. The molecule has 1 fully saturated rings. The number of benzene rings is 1. The van der Waals surface area contributed by atoms with E-state index >= 15 is 0 Å². The molecule has 2 aliphatic heterocycles. The fourth-order valence-electron chi connectivity index (χ4n) is 3.23. The Hall–Kier alpha value is -1.06. The van der Waals surface area contributed by atoms with Crippen LogP contribution in [0.25, 0.3) is 0 Å². The Morgan fingerprint density at radius 3 is 3.06 bits per heavy atom. The Labute approximate surface area is 108 Å². The zero-order valence-corrected chi connectivity index (χ0v) is 10.7. The van der Waals surface area contributed by atoms with Gasteiger partial charge in [-0.3, -0.25) is 4.90 Å². The maximum absolute atomic E-state index is 9.39. The Bertz CT molecular complexity index is 407. The molecule has 1 saturated heterocycles. The highest BCUT2D eigenvalue weighted by Crippen LogP contribution is 2.35. The van der Waals surface area contributed by atoms with Crippen LogP contribution < -0.4 is 4.74 Å². The molecule has 0 aromatic heterocycles. The molecule has 0 saturated carbocycles. The lowest BCUT2D eigenvalue weighted by molar-refractivity contribution is 0.143. The van der Waals surface area contributed by atoms with Gasteiger partial charge in [-0.25, -0.2) is 0 Å². The summed E-state index contributed by atoms with van der Waals surface area (Å²) in [4.78, 5) is 2.45. The number of fused-ring (bicyclic) bond motifs is 1. The highest BCUT2D eigenvalue weighted by molar-refractivity contribution is 5.38. The van der Waals surface area contributed by atoms with Crippen LogP contribution in [-0.2, 0) is 0 Å². The van der Waals surface area contributed by atoms with Gasteiger partial charge < -0.3 is 9.84 Å². The lowest BCUT2D eigenvalue weighted by Crippen LogP contribution is -2.36. The zero-order valence-electron chi connectivity index (χ0n) is 10.7. The van der Waals surface area contributed by atoms with Crippen molar-refractivity contribution in [2.45, 2.75) is 31.2 Å². The monoisotopic (exact) mass is 247 g/mol. The summed E-state index contributed by atoms with van der Waals surface area (Å²) in [5.74, 6) is 1.61. The Morgan fingerprint density at radius 2 is 2.17 bits per heavy atom. The summed E-state index contributed by atoms with van der Waals surface area (Å²) in [5, 5.41) is 9.39. The first-order chi connectivity index (χ1) is 8.88. The number of hydrogen-bond donors (Lipinski definition) is 1. The van der Waals surface area contributed by atoms with Crippen LogP contribution in [0.4, 0.5) is 0 Å². The third kappa shape index (κ3) is 2.25. The summed E-state index contributed by atoms with van der Waals surface area (Å²) < 4.78 is 5.70. The number of ether oxygens (including phenoxy) is 1. The SMILES string of the molecule is OC[C@H]1CCCN1CC1CCOc2ccccc21. The number of rotatable bonds is 3. The van der Waals surface area contributed by atoms with Crippen molar-refractivity contribution in [3.8, 4) is 5.75 Å². The quantitative estimate of drug-likeness (QED) is 0.887. The summed E-state index contributed by atoms with van der Waals surface area (Å²) in [5.41, 5.74) is 1.34. The lowest BCUT2D eigenvalue weighted by Gasteiger charge is -2.31. The van der Waals surface area contributed by atoms with Crippen LogP contribution in [-0.4, -0.2) is 42.4 Å². The minimum absolute atomic E-state index is 0.296. The molecule has 2 atom stereocenters. The van der Waals surface area contributed by atoms with E-state index in [1.165, 1.54) is 12.0 Å². The first kappa shape index (κ1) is 12.0. The Morgan fingerprint density at radius 1 is 1.28 bits per heavy atom. The fraction of sp³-hybridized carbons (Fsp3) is 0.600. The van der Waals surface area contributed by atoms with Crippen molar-refractivity contribution in [3.05, 3.63) is 29.8 Å². The molecule has 3 rings (SSSR count). The summed E-state index contributed by atoms with van der Waals surface area (Å²) in [6.45, 7) is 3.31. The van der Waals surface area contributed by atoms with Crippen molar-refractivity contribution in [3.63, 3.8) is 0 Å². The standard InChI is InChI=1S/C15H21NO2/c17-11-13-4-3-8-16(13)10-12-7-9-18-15-6-2-1-5-14(12)15/h1-2,5-6,12-13,17H,3-4,7-11H2/t12?,13-/m1/s1. The maximum Gasteiger partial charge on any atom is 0.122 e. The largest absolute Gasteiger partial charge is 0.493 e. The summed E-state index contributed by atoms with van der Waals surface area (Å²) in [7, 11) is 0. The van der Waals surface area contributed by atoms with Crippen LogP contribution >= 0.6 is 0 Å². The minimum Gasteiger partial charge on any atom is -0.493 e. The molecular formula is C15H21NO2. The number of aliphatic hydroxyl groups is 1. The molecule has 0 bridgehead atoms. The van der Waals surface area contributed by atoms with E-state index in [1.807, 2.05) is 6.07 Å². The van der Waals surface area contributed by atoms with Crippen molar-refractivity contribution >= 4 is 0 Å². The molecule has 2 aliphatic rings. The van der Waals surface area contributed by atoms with Crippen molar-refractivity contribution in [1.82, 2.24) is 4.90 Å². The number of aliphatic hydroxyl groups excluding tert-OH is 1. The molecule has 3 nitrogen and oxygen atoms in total. The number of nitrogens with zero attached hydrogens (tertiary/aromatic N) is 1. The molecule has 98 valence electrons. The first-order valence-corrected chi connectivity index (χ1v) is 6.95. The zero-order chi connectivity index (χ0) is 12.4. The second-order valence-electron chi connectivity index (χ2n) is 5.35. The Kier molecular flexibility index (Phi) is 3.52. The Balaban J connectivity index is 1.74. The predicted octanol–water partition coefficient (Wildman–Crippen LogP) is 2.01. The van der Waals surface area contributed by atoms with Gasteiger partial charge in [0, 0.05) is 18.5 Å². The highest BCUT2D eigenvalue weighted by Gasteiger charge is 2.29. The third-order valence-electron chi connectivity index (χ3n) is 4.25. The maximum atomic E-state index is 9.39. The van der Waals surface area contributed by atoms with Crippen LogP contribution in [0.1, 0.15) is 30.7 Å². The molecule has 0 spiro atoms. The van der Waals surface area contributed by atoms with E-state index in [0.717, 1.165) is 38.3 Å². The van der Waals surface area contributed by atoms with Gasteiger partial charge in [0.05, 0.1) is 13.2 Å². The topological polar surface area (TPSA) is 32.7 Å². The minimum atomic E-state index is 0.296. The van der Waals surface area contributed by atoms with Gasteiger partial charge in [0.2, 0.25) is 0 Å². The fourth-order valence-corrected chi connectivity index (χ4v) is 3.23. The van der Waals surface area contributed by atoms with Gasteiger partial charge in [0.15, 0.2) is 0 Å². The van der Waals surface area contributed by atoms with Crippen molar-refractivity contribution in [1.29, 1.82) is 0 Å². The third-order valence-corrected chi connectivity index (χ3v) is 4.25. The average Bonchev–Trinajstić information content (AvgIpc) is 2.86. The van der Waals surface area contributed by atoms with Gasteiger partial charge in [-0.1, -0.05) is 18.2 Å². The highest BCUT2D eigenvalue weighted by atomic mass is 16.5. The van der Waals surface area contributed by atoms with Gasteiger partial charge in [-0.05, 0) is 37.4 Å². The van der Waals surface area contributed by atoms with Gasteiger partial charge in [0.1, 0.15) is 5.75 Å². The predicted molar refractivity (Wildman–Crippen MR) is 71.0 cm³/mol. The summed E-state index contributed by atoms with van der Waals surface area (Å²) in [6, 6.07) is 8.75. The molecule has 2 heterocycles. The van der Waals surface area contributed by atoms with E-state index in [-0.39, 0.29) is 0 Å². The van der Waals surface area contributed by atoms with Gasteiger partial charge >= 0.3 is 0 Å². The molecule has 1 N–H and O–H groups in total. The van der Waals surface area contributed by atoms with E-state index in [4.69, 9.17) is 4.74 Å². The first-order valence-electron chi connectivity index (χ1n) is 6.95. The van der Waals surface area contributed by atoms with Crippen LogP contribution in [0, 0.1) is 0 Å². The molecule has 0 aliphatic carbocycles. The van der Waals surface area contributed by atoms with Gasteiger partial charge in [-0.15, -0.1) is 0 Å². The van der Waals surface area contributed by atoms with Crippen molar-refractivity contribution in [2.24, 2.45) is 0 Å². The van der Waals surface area contributed by atoms with Gasteiger partial charge in [-0.2, -0.15) is 0 Å². The molecule has 0 amide bonds.